The highest BCUT2D eigenvalue weighted by Crippen LogP contribution is 2.33. The number of H-pyrrole nitrogens is 1. The number of hydrogen-bond acceptors (Lipinski definition) is 19. The van der Waals surface area contributed by atoms with Gasteiger partial charge in [0.05, 0.1) is 34.0 Å². The van der Waals surface area contributed by atoms with Gasteiger partial charge >= 0.3 is 0 Å². The molecule has 84 heavy (non-hydrogen) atoms. The summed E-state index contributed by atoms with van der Waals surface area (Å²) in [7, 11) is 0. The first kappa shape index (κ1) is 53.3. The number of benzene rings is 6. The summed E-state index contributed by atoms with van der Waals surface area (Å²) in [6, 6.07) is 48.1. The predicted molar refractivity (Wildman–Crippen MR) is 323 cm³/mol. The molecule has 0 fully saturated rings. The van der Waals surface area contributed by atoms with Crippen LogP contribution in [0.1, 0.15) is 5.56 Å². The van der Waals surface area contributed by atoms with Gasteiger partial charge in [-0.25, -0.2) is 29.9 Å². The Morgan fingerprint density at radius 1 is 0.452 bits per heavy atom. The molecule has 0 spiro atoms. The van der Waals surface area contributed by atoms with Crippen LogP contribution < -0.4 is 16.0 Å². The van der Waals surface area contributed by atoms with Gasteiger partial charge in [-0.15, -0.1) is 15.3 Å². The lowest BCUT2D eigenvalue weighted by Crippen LogP contribution is -1.97. The van der Waals surface area contributed by atoms with Crippen molar-refractivity contribution in [3.63, 3.8) is 0 Å². The smallest absolute Gasteiger partial charge is 0.206 e. The Morgan fingerprint density at radius 3 is 1.37 bits per heavy atom. The van der Waals surface area contributed by atoms with Crippen molar-refractivity contribution in [3.05, 3.63) is 229 Å². The maximum Gasteiger partial charge on any atom is 0.206 e. The molecular formula is C60H38Cl3N21. The fraction of sp³-hybridized carbons (Fsp3) is 0. The first-order chi connectivity index (χ1) is 41.2. The SMILES string of the molecule is Clc1cccc(Nc2ncnc3ccc(-c4cncc(-c5nn[nH]n5)c4)cc23)c1.Clc1cccc(Nc2ncnc3ccc(-c4cncc(-n5cnnn5)c4)cc23)c1.N#Cc1cncc(-c2ccc3ncnc(Nc4cccc(Cl)c4)c3c2)c1. The van der Waals surface area contributed by atoms with Gasteiger partial charge in [0.2, 0.25) is 5.82 Å². The van der Waals surface area contributed by atoms with Crippen molar-refractivity contribution in [1.82, 2.24) is 85.7 Å². The zero-order chi connectivity index (χ0) is 57.2. The average molecular weight is 1160 g/mol. The van der Waals surface area contributed by atoms with Crippen molar-refractivity contribution in [2.75, 3.05) is 16.0 Å². The molecule has 404 valence electrons. The summed E-state index contributed by atoms with van der Waals surface area (Å²) in [5.74, 6) is 2.57. The Labute approximate surface area is 491 Å². The average Bonchev–Trinajstić information content (AvgIpc) is 3.79. The summed E-state index contributed by atoms with van der Waals surface area (Å²) < 4.78 is 1.56. The van der Waals surface area contributed by atoms with E-state index in [4.69, 9.17) is 40.1 Å². The third kappa shape index (κ3) is 12.5. The van der Waals surface area contributed by atoms with Gasteiger partial charge in [-0.3, -0.25) is 15.0 Å². The van der Waals surface area contributed by atoms with E-state index in [0.717, 1.165) is 94.4 Å². The van der Waals surface area contributed by atoms with Gasteiger partial charge < -0.3 is 16.0 Å². The number of tetrazole rings is 2. The molecule has 14 rings (SSSR count). The van der Waals surface area contributed by atoms with Crippen LogP contribution in [0.25, 0.3) is 83.2 Å². The minimum Gasteiger partial charge on any atom is -0.340 e. The van der Waals surface area contributed by atoms with Crippen molar-refractivity contribution in [2.24, 2.45) is 0 Å². The van der Waals surface area contributed by atoms with Crippen molar-refractivity contribution < 1.29 is 0 Å². The molecule has 0 aliphatic rings. The number of halogens is 3. The van der Waals surface area contributed by atoms with E-state index >= 15 is 0 Å². The number of anilines is 6. The number of nitrogens with zero attached hydrogens (tertiary/aromatic N) is 17. The monoisotopic (exact) mass is 1160 g/mol. The van der Waals surface area contributed by atoms with E-state index < -0.39 is 0 Å². The number of nitrogens with one attached hydrogen (secondary N) is 4. The van der Waals surface area contributed by atoms with Gasteiger partial charge in [-0.2, -0.15) is 15.2 Å². The topological polar surface area (TPSA) is 274 Å². The van der Waals surface area contributed by atoms with E-state index in [9.17, 15) is 0 Å². The van der Waals surface area contributed by atoms with Crippen LogP contribution in [-0.4, -0.2) is 85.7 Å². The van der Waals surface area contributed by atoms with E-state index in [0.29, 0.717) is 43.9 Å². The Bertz CT molecular complexity index is 4490. The van der Waals surface area contributed by atoms with Crippen LogP contribution in [0.4, 0.5) is 34.5 Å². The van der Waals surface area contributed by atoms with Gasteiger partial charge in [0.1, 0.15) is 48.8 Å². The van der Waals surface area contributed by atoms with Gasteiger partial charge in [0.25, 0.3) is 0 Å². The Morgan fingerprint density at radius 2 is 0.917 bits per heavy atom. The second-order valence-electron chi connectivity index (χ2n) is 18.2. The van der Waals surface area contributed by atoms with Gasteiger partial charge in [0, 0.05) is 102 Å². The zero-order valence-electron chi connectivity index (χ0n) is 43.4. The van der Waals surface area contributed by atoms with E-state index in [2.05, 4.69) is 103 Å². The summed E-state index contributed by atoms with van der Waals surface area (Å²) in [6.07, 6.45) is 16.4. The highest BCUT2D eigenvalue weighted by Gasteiger charge is 2.13. The molecule has 6 aromatic carbocycles. The minimum atomic E-state index is 0.492. The van der Waals surface area contributed by atoms with Crippen molar-refractivity contribution in [1.29, 1.82) is 5.26 Å². The van der Waals surface area contributed by atoms with Crippen LogP contribution in [0, 0.1) is 11.3 Å². The molecule has 24 heteroatoms. The molecule has 0 bridgehead atoms. The number of pyridine rings is 3. The van der Waals surface area contributed by atoms with E-state index in [-0.39, 0.29) is 0 Å². The fourth-order valence-electron chi connectivity index (χ4n) is 8.77. The molecule has 0 aliphatic carbocycles. The standard InChI is InChI=1S/2C20H13ClN8.C20H12ClN5/c21-15-2-1-3-16(8-15)26-20-18-7-13(4-5-19(18)23-11-24-20)14-6-17(10-22-9-14)29-12-25-27-28-29;21-15-2-1-3-16(8-15)25-20-17-7-12(4-5-18(17)23-11-24-20)13-6-14(10-22-9-13)19-26-28-29-27-19;21-16-2-1-3-17(8-16)26-20-18-7-14(4-5-19(18)24-12-25-20)15-6-13(9-22)10-23-11-15/h1-12H,(H,23,24,26);1-11H,(H,23,24,25)(H,26,27,28,29);1-8,10-12H,(H,24,25,26). The molecule has 0 atom stereocenters. The molecule has 0 radical (unpaired) electrons. The molecule has 0 saturated carbocycles. The largest absolute Gasteiger partial charge is 0.340 e. The number of hydrogen-bond donors (Lipinski definition) is 4. The lowest BCUT2D eigenvalue weighted by atomic mass is 10.0. The van der Waals surface area contributed by atoms with Crippen molar-refractivity contribution >= 4 is 102 Å². The lowest BCUT2D eigenvalue weighted by molar-refractivity contribution is 0.786. The van der Waals surface area contributed by atoms with E-state index in [1.807, 2.05) is 146 Å². The highest BCUT2D eigenvalue weighted by atomic mass is 35.5. The van der Waals surface area contributed by atoms with Gasteiger partial charge in [-0.1, -0.05) is 71.2 Å². The number of aromatic nitrogens is 17. The Hall–Kier alpha value is -11.3. The summed E-state index contributed by atoms with van der Waals surface area (Å²) in [5.41, 5.74) is 12.7. The molecule has 0 saturated heterocycles. The first-order valence-corrected chi connectivity index (χ1v) is 26.4. The first-order valence-electron chi connectivity index (χ1n) is 25.3. The van der Waals surface area contributed by atoms with Gasteiger partial charge in [0.15, 0.2) is 0 Å². The number of aromatic amines is 1. The molecule has 0 unspecified atom stereocenters. The third-order valence-corrected chi connectivity index (χ3v) is 13.4. The molecule has 8 heterocycles. The molecule has 14 aromatic rings. The normalized spacial score (nSPS) is 10.8. The summed E-state index contributed by atoms with van der Waals surface area (Å²) in [4.78, 5) is 39.0. The lowest BCUT2D eigenvalue weighted by Gasteiger charge is -2.10. The van der Waals surface area contributed by atoms with Crippen LogP contribution >= 0.6 is 34.8 Å². The van der Waals surface area contributed by atoms with Crippen molar-refractivity contribution in [2.45, 2.75) is 0 Å². The Balaban J connectivity index is 0.000000124. The summed E-state index contributed by atoms with van der Waals surface area (Å²) >= 11 is 18.2. The van der Waals surface area contributed by atoms with E-state index in [1.165, 1.54) is 25.3 Å². The molecule has 4 N–H and O–H groups in total. The number of rotatable bonds is 11. The molecule has 0 amide bonds. The Kier molecular flexibility index (Phi) is 15.6. The summed E-state index contributed by atoms with van der Waals surface area (Å²) in [5, 5.41) is 48.9. The third-order valence-electron chi connectivity index (χ3n) is 12.7. The van der Waals surface area contributed by atoms with Crippen LogP contribution in [0.5, 0.6) is 0 Å². The second kappa shape index (κ2) is 24.6. The maximum atomic E-state index is 9.08. The molecule has 0 aliphatic heterocycles. The van der Waals surface area contributed by atoms with Crippen LogP contribution in [0.15, 0.2) is 208 Å². The van der Waals surface area contributed by atoms with Gasteiger partial charge in [-0.05, 0) is 142 Å². The van der Waals surface area contributed by atoms with E-state index in [1.54, 1.807) is 41.9 Å². The zero-order valence-corrected chi connectivity index (χ0v) is 45.6. The molecule has 21 nitrogen and oxygen atoms in total. The second-order valence-corrected chi connectivity index (χ2v) is 19.5. The summed E-state index contributed by atoms with van der Waals surface area (Å²) in [6.45, 7) is 0. The van der Waals surface area contributed by atoms with Crippen molar-refractivity contribution in [3.8, 4) is 56.5 Å². The maximum absolute atomic E-state index is 9.08. The quantitative estimate of drug-likeness (QED) is 0.0937. The highest BCUT2D eigenvalue weighted by molar-refractivity contribution is 6.31. The molecular weight excluding hydrogens is 1120 g/mol. The van der Waals surface area contributed by atoms with Crippen LogP contribution in [-0.2, 0) is 0 Å². The number of nitriles is 1. The predicted octanol–water partition coefficient (Wildman–Crippen LogP) is 13.3. The fourth-order valence-corrected chi connectivity index (χ4v) is 9.34. The van der Waals surface area contributed by atoms with Crippen LogP contribution in [0.3, 0.4) is 0 Å². The minimum absolute atomic E-state index is 0.492. The van der Waals surface area contributed by atoms with Crippen LogP contribution in [0.2, 0.25) is 15.1 Å². The molecule has 8 aromatic heterocycles. The number of fused-ring (bicyclic) bond motifs is 3.